The van der Waals surface area contributed by atoms with Crippen LogP contribution in [0.1, 0.15) is 10.4 Å². The number of rotatable bonds is 2. The standard InChI is InChI=1S/C16H11NO4/c1-21-16(18)13-6-3-5-12-11(13)9-8-10-4-2-7-14(15(10)12)17(19)20/h2-9H,1H3. The molecular weight excluding hydrogens is 270 g/mol. The maximum atomic E-state index is 11.8. The van der Waals surface area contributed by atoms with Crippen molar-refractivity contribution in [2.45, 2.75) is 0 Å². The van der Waals surface area contributed by atoms with Gasteiger partial charge in [-0.2, -0.15) is 0 Å². The maximum Gasteiger partial charge on any atom is 0.338 e. The first-order chi connectivity index (χ1) is 10.1. The van der Waals surface area contributed by atoms with Crippen molar-refractivity contribution < 1.29 is 14.5 Å². The van der Waals surface area contributed by atoms with E-state index in [0.29, 0.717) is 21.7 Å². The molecule has 0 amide bonds. The van der Waals surface area contributed by atoms with Crippen molar-refractivity contribution in [1.29, 1.82) is 0 Å². The number of hydrogen-bond donors (Lipinski definition) is 0. The van der Waals surface area contributed by atoms with Gasteiger partial charge in [0, 0.05) is 6.07 Å². The van der Waals surface area contributed by atoms with E-state index < -0.39 is 10.9 Å². The summed E-state index contributed by atoms with van der Waals surface area (Å²) >= 11 is 0. The van der Waals surface area contributed by atoms with Gasteiger partial charge in [-0.15, -0.1) is 0 Å². The maximum absolute atomic E-state index is 11.8. The van der Waals surface area contributed by atoms with E-state index in [1.807, 2.05) is 6.07 Å². The third-order valence-electron chi connectivity index (χ3n) is 3.48. The smallest absolute Gasteiger partial charge is 0.338 e. The Morgan fingerprint density at radius 2 is 1.81 bits per heavy atom. The fourth-order valence-corrected chi connectivity index (χ4v) is 2.57. The Hall–Kier alpha value is -2.95. The molecule has 0 saturated heterocycles. The number of fused-ring (bicyclic) bond motifs is 3. The van der Waals surface area contributed by atoms with Gasteiger partial charge in [0.2, 0.25) is 0 Å². The van der Waals surface area contributed by atoms with Crippen LogP contribution >= 0.6 is 0 Å². The molecule has 5 nitrogen and oxygen atoms in total. The average Bonchev–Trinajstić information content (AvgIpc) is 2.52. The molecule has 0 atom stereocenters. The van der Waals surface area contributed by atoms with Crippen molar-refractivity contribution in [1.82, 2.24) is 0 Å². The van der Waals surface area contributed by atoms with E-state index in [4.69, 9.17) is 4.74 Å². The molecule has 0 aliphatic carbocycles. The van der Waals surface area contributed by atoms with E-state index in [1.54, 1.807) is 36.4 Å². The summed E-state index contributed by atoms with van der Waals surface area (Å²) in [6.45, 7) is 0. The fourth-order valence-electron chi connectivity index (χ4n) is 2.57. The van der Waals surface area contributed by atoms with Crippen LogP contribution in [-0.4, -0.2) is 18.0 Å². The largest absolute Gasteiger partial charge is 0.465 e. The van der Waals surface area contributed by atoms with Crippen LogP contribution in [0.2, 0.25) is 0 Å². The van der Waals surface area contributed by atoms with Crippen molar-refractivity contribution in [2.24, 2.45) is 0 Å². The Kier molecular flexibility index (Phi) is 3.02. The molecule has 21 heavy (non-hydrogen) atoms. The number of methoxy groups -OCH3 is 1. The van der Waals surface area contributed by atoms with Gasteiger partial charge in [-0.05, 0) is 22.2 Å². The summed E-state index contributed by atoms with van der Waals surface area (Å²) in [5.41, 5.74) is 0.426. The predicted molar refractivity (Wildman–Crippen MR) is 79.4 cm³/mol. The zero-order valence-corrected chi connectivity index (χ0v) is 11.2. The van der Waals surface area contributed by atoms with E-state index in [-0.39, 0.29) is 5.69 Å². The molecule has 0 fully saturated rings. The molecule has 0 spiro atoms. The Morgan fingerprint density at radius 3 is 2.52 bits per heavy atom. The minimum absolute atomic E-state index is 0.0279. The third kappa shape index (κ3) is 1.99. The molecule has 0 unspecified atom stereocenters. The van der Waals surface area contributed by atoms with E-state index in [2.05, 4.69) is 0 Å². The highest BCUT2D eigenvalue weighted by molar-refractivity contribution is 6.16. The van der Waals surface area contributed by atoms with E-state index >= 15 is 0 Å². The van der Waals surface area contributed by atoms with Gasteiger partial charge in [0.1, 0.15) is 0 Å². The normalized spacial score (nSPS) is 10.7. The third-order valence-corrected chi connectivity index (χ3v) is 3.48. The summed E-state index contributed by atoms with van der Waals surface area (Å²) in [7, 11) is 1.31. The van der Waals surface area contributed by atoms with Gasteiger partial charge in [0.25, 0.3) is 5.69 Å². The number of hydrogen-bond acceptors (Lipinski definition) is 4. The van der Waals surface area contributed by atoms with Crippen molar-refractivity contribution >= 4 is 33.2 Å². The van der Waals surface area contributed by atoms with Gasteiger partial charge in [0.15, 0.2) is 0 Å². The lowest BCUT2D eigenvalue weighted by Gasteiger charge is -2.08. The van der Waals surface area contributed by atoms with Crippen molar-refractivity contribution in [3.63, 3.8) is 0 Å². The van der Waals surface area contributed by atoms with Crippen molar-refractivity contribution in [3.8, 4) is 0 Å². The molecule has 0 aliphatic rings. The Bertz CT molecular complexity index is 886. The molecule has 0 aliphatic heterocycles. The van der Waals surface area contributed by atoms with Crippen LogP contribution in [0.5, 0.6) is 0 Å². The van der Waals surface area contributed by atoms with Gasteiger partial charge in [-0.1, -0.05) is 36.4 Å². The number of carbonyl (C=O) groups is 1. The first-order valence-corrected chi connectivity index (χ1v) is 6.30. The fraction of sp³-hybridized carbons (Fsp3) is 0.0625. The molecular formula is C16H11NO4. The highest BCUT2D eigenvalue weighted by atomic mass is 16.6. The highest BCUT2D eigenvalue weighted by Gasteiger charge is 2.17. The van der Waals surface area contributed by atoms with Gasteiger partial charge in [-0.3, -0.25) is 10.1 Å². The Labute approximate surface area is 119 Å². The lowest BCUT2D eigenvalue weighted by molar-refractivity contribution is -0.383. The molecule has 5 heteroatoms. The minimum atomic E-state index is -0.460. The van der Waals surface area contributed by atoms with Crippen molar-refractivity contribution in [2.75, 3.05) is 7.11 Å². The number of non-ortho nitro benzene ring substituents is 1. The Balaban J connectivity index is 2.49. The molecule has 0 bridgehead atoms. The SMILES string of the molecule is COC(=O)c1cccc2c1ccc1cccc([N+](=O)[O-])c12. The molecule has 104 valence electrons. The molecule has 0 aromatic heterocycles. The van der Waals surface area contributed by atoms with Gasteiger partial charge in [-0.25, -0.2) is 4.79 Å². The van der Waals surface area contributed by atoms with E-state index in [9.17, 15) is 14.9 Å². The first kappa shape index (κ1) is 13.1. The first-order valence-electron chi connectivity index (χ1n) is 6.30. The van der Waals surface area contributed by atoms with Crippen LogP contribution in [0.4, 0.5) is 5.69 Å². The second-order valence-corrected chi connectivity index (χ2v) is 4.59. The van der Waals surface area contributed by atoms with Crippen LogP contribution in [-0.2, 0) is 4.74 Å². The quantitative estimate of drug-likeness (QED) is 0.311. The zero-order chi connectivity index (χ0) is 15.0. The molecule has 3 aromatic carbocycles. The predicted octanol–water partition coefficient (Wildman–Crippen LogP) is 3.69. The second kappa shape index (κ2) is 4.86. The van der Waals surface area contributed by atoms with Crippen LogP contribution in [0, 0.1) is 10.1 Å². The number of ether oxygens (including phenoxy) is 1. The van der Waals surface area contributed by atoms with Gasteiger partial charge < -0.3 is 4.74 Å². The van der Waals surface area contributed by atoms with Crippen LogP contribution in [0.3, 0.4) is 0 Å². The summed E-state index contributed by atoms with van der Waals surface area (Å²) in [4.78, 5) is 22.7. The summed E-state index contributed by atoms with van der Waals surface area (Å²) in [6, 6.07) is 13.6. The Morgan fingerprint density at radius 1 is 1.05 bits per heavy atom. The molecule has 0 heterocycles. The summed E-state index contributed by atoms with van der Waals surface area (Å²) < 4.78 is 4.76. The number of esters is 1. The summed E-state index contributed by atoms with van der Waals surface area (Å²) in [6.07, 6.45) is 0. The highest BCUT2D eigenvalue weighted by Crippen LogP contribution is 2.34. The lowest BCUT2D eigenvalue weighted by Crippen LogP contribution is -2.02. The van der Waals surface area contributed by atoms with Crippen LogP contribution in [0.15, 0.2) is 48.5 Å². The van der Waals surface area contributed by atoms with Crippen LogP contribution < -0.4 is 0 Å². The van der Waals surface area contributed by atoms with Gasteiger partial charge >= 0.3 is 5.97 Å². The van der Waals surface area contributed by atoms with Crippen molar-refractivity contribution in [3.05, 3.63) is 64.2 Å². The monoisotopic (exact) mass is 281 g/mol. The topological polar surface area (TPSA) is 69.4 Å². The number of nitro benzene ring substituents is 1. The zero-order valence-electron chi connectivity index (χ0n) is 11.2. The number of benzene rings is 3. The lowest BCUT2D eigenvalue weighted by atomic mass is 9.97. The number of nitrogens with zero attached hydrogens (tertiary/aromatic N) is 1. The molecule has 3 aromatic rings. The molecule has 0 N–H and O–H groups in total. The molecule has 3 rings (SSSR count). The van der Waals surface area contributed by atoms with E-state index in [0.717, 1.165) is 5.39 Å². The molecule has 0 saturated carbocycles. The molecule has 0 radical (unpaired) electrons. The summed E-state index contributed by atoms with van der Waals surface area (Å²) in [5, 5.41) is 13.9. The van der Waals surface area contributed by atoms with Gasteiger partial charge in [0.05, 0.1) is 23.0 Å². The number of carbonyl (C=O) groups excluding carboxylic acids is 1. The second-order valence-electron chi connectivity index (χ2n) is 4.59. The summed E-state index contributed by atoms with van der Waals surface area (Å²) in [5.74, 6) is -0.460. The van der Waals surface area contributed by atoms with Crippen LogP contribution in [0.25, 0.3) is 21.5 Å². The van der Waals surface area contributed by atoms with E-state index in [1.165, 1.54) is 13.2 Å². The number of nitro groups is 1. The average molecular weight is 281 g/mol. The minimum Gasteiger partial charge on any atom is -0.465 e.